The average Bonchev–Trinajstić information content (AvgIpc) is 0.918. The minimum atomic E-state index is -0.250. The Bertz CT molecular complexity index is 11.5. The van der Waals surface area contributed by atoms with Crippen molar-refractivity contribution in [2.45, 2.75) is 0 Å². The van der Waals surface area contributed by atoms with Crippen LogP contribution in [0.1, 0.15) is 2.85 Å². The Kier molecular flexibility index (Phi) is 20.5. The molecule has 0 aliphatic heterocycles. The van der Waals surface area contributed by atoms with Gasteiger partial charge in [-0.2, -0.15) is 0 Å². The minimum Gasteiger partial charge on any atom is -1.00 e. The number of rotatable bonds is 0. The van der Waals surface area contributed by atoms with E-state index < -0.39 is 0 Å². The first-order valence-corrected chi connectivity index (χ1v) is 1.10. The van der Waals surface area contributed by atoms with E-state index in [1.54, 1.807) is 0 Å². The fourth-order valence-corrected chi connectivity index (χ4v) is 0. The third kappa shape index (κ3) is 9.15. The summed E-state index contributed by atoms with van der Waals surface area (Å²) >= 11 is -0.250. The zero-order valence-electron chi connectivity index (χ0n) is 4.01. The standard InChI is InChI=1S/Ba.H2O2S.2H/c;1-3-2;;/h;1-2H;;/q+2;;2*-1. The van der Waals surface area contributed by atoms with Crippen molar-refractivity contribution in [1.29, 1.82) is 0 Å². The molecule has 4 heavy (non-hydrogen) atoms. The summed E-state index contributed by atoms with van der Waals surface area (Å²) in [6, 6.07) is 0. The molecule has 0 aromatic heterocycles. The first-order chi connectivity index (χ1) is 1.41. The van der Waals surface area contributed by atoms with Crippen LogP contribution in [0.5, 0.6) is 0 Å². The molecular formula is H4BaO2S. The second-order valence-electron chi connectivity index (χ2n) is 0.0816. The van der Waals surface area contributed by atoms with Gasteiger partial charge in [-0.3, -0.25) is 0 Å². The summed E-state index contributed by atoms with van der Waals surface area (Å²) in [7, 11) is 0. The van der Waals surface area contributed by atoms with Crippen LogP contribution in [-0.2, 0) is 0 Å². The molecule has 0 rings (SSSR count). The SMILES string of the molecule is OSO.[Ba+2].[H-].[H-]. The molecule has 0 aromatic rings. The normalized spacial score (nSPS) is 4.50. The van der Waals surface area contributed by atoms with E-state index in [9.17, 15) is 0 Å². The molecule has 0 heterocycles. The van der Waals surface area contributed by atoms with Crippen LogP contribution >= 0.6 is 12.3 Å². The Hall–Kier alpha value is 1.84. The minimum absolute atomic E-state index is 0. The van der Waals surface area contributed by atoms with Crippen LogP contribution in [0.4, 0.5) is 0 Å². The number of hydrogen-bond donors (Lipinski definition) is 2. The van der Waals surface area contributed by atoms with E-state index >= 15 is 0 Å². The maximum atomic E-state index is 7.04. The molecule has 0 saturated heterocycles. The molecular weight excluding hydrogens is 201 g/mol. The van der Waals surface area contributed by atoms with E-state index in [4.69, 9.17) is 9.11 Å². The molecule has 0 spiro atoms. The van der Waals surface area contributed by atoms with Gasteiger partial charge in [-0.1, -0.05) is 0 Å². The first-order valence-electron chi connectivity index (χ1n) is 0.365. The van der Waals surface area contributed by atoms with Gasteiger partial charge in [-0.05, 0) is 0 Å². The molecule has 0 radical (unpaired) electrons. The van der Waals surface area contributed by atoms with Crippen molar-refractivity contribution in [3.63, 3.8) is 0 Å². The summed E-state index contributed by atoms with van der Waals surface area (Å²) < 4.78 is 14.1. The third-order valence-corrected chi connectivity index (χ3v) is 0. The van der Waals surface area contributed by atoms with Crippen LogP contribution in [0.3, 0.4) is 0 Å². The first kappa shape index (κ1) is 9.28. The summed E-state index contributed by atoms with van der Waals surface area (Å²) in [6.45, 7) is 0. The van der Waals surface area contributed by atoms with Crippen molar-refractivity contribution in [1.82, 2.24) is 0 Å². The van der Waals surface area contributed by atoms with Crippen molar-refractivity contribution in [2.24, 2.45) is 0 Å². The van der Waals surface area contributed by atoms with Crippen LogP contribution in [0.15, 0.2) is 0 Å². The van der Waals surface area contributed by atoms with Crippen molar-refractivity contribution < 1.29 is 12.0 Å². The average molecular weight is 205 g/mol. The van der Waals surface area contributed by atoms with Crippen molar-refractivity contribution >= 4 is 61.2 Å². The molecule has 0 aromatic carbocycles. The summed E-state index contributed by atoms with van der Waals surface area (Å²) in [5.41, 5.74) is 0. The van der Waals surface area contributed by atoms with E-state index in [-0.39, 0.29) is 64.1 Å². The van der Waals surface area contributed by atoms with E-state index in [2.05, 4.69) is 0 Å². The fraction of sp³-hybridized carbons (Fsp3) is 0. The van der Waals surface area contributed by atoms with E-state index in [1.807, 2.05) is 0 Å². The Morgan fingerprint density at radius 3 is 1.50 bits per heavy atom. The molecule has 2 nitrogen and oxygen atoms in total. The predicted molar refractivity (Wildman–Crippen MR) is 20.8 cm³/mol. The zero-order chi connectivity index (χ0) is 2.71. The fourth-order valence-electron chi connectivity index (χ4n) is 0. The monoisotopic (exact) mass is 206 g/mol. The molecule has 0 amide bonds. The van der Waals surface area contributed by atoms with Crippen molar-refractivity contribution in [2.75, 3.05) is 0 Å². The van der Waals surface area contributed by atoms with Gasteiger partial charge >= 0.3 is 48.9 Å². The van der Waals surface area contributed by atoms with Gasteiger partial charge in [0.25, 0.3) is 0 Å². The van der Waals surface area contributed by atoms with E-state index in [0.29, 0.717) is 0 Å². The maximum Gasteiger partial charge on any atom is 2.00 e. The van der Waals surface area contributed by atoms with Gasteiger partial charge in [0.05, 0.1) is 0 Å². The summed E-state index contributed by atoms with van der Waals surface area (Å²) in [6.07, 6.45) is 0. The number of hydrogen-bond acceptors (Lipinski definition) is 3. The summed E-state index contributed by atoms with van der Waals surface area (Å²) in [5, 5.41) is 0. The molecule has 24 valence electrons. The van der Waals surface area contributed by atoms with Crippen molar-refractivity contribution in [3.8, 4) is 0 Å². The summed E-state index contributed by atoms with van der Waals surface area (Å²) in [5.74, 6) is 0. The summed E-state index contributed by atoms with van der Waals surface area (Å²) in [4.78, 5) is 0. The van der Waals surface area contributed by atoms with Crippen LogP contribution in [-0.4, -0.2) is 58.0 Å². The van der Waals surface area contributed by atoms with Gasteiger partial charge in [-0.25, -0.2) is 0 Å². The molecule has 2 N–H and O–H groups in total. The van der Waals surface area contributed by atoms with Gasteiger partial charge < -0.3 is 12.0 Å². The smallest absolute Gasteiger partial charge is 1.00 e. The quantitative estimate of drug-likeness (QED) is 0.447. The molecule has 4 heteroatoms. The van der Waals surface area contributed by atoms with Crippen LogP contribution < -0.4 is 0 Å². The zero-order valence-corrected chi connectivity index (χ0v) is 7.27. The predicted octanol–water partition coefficient (Wildman–Crippen LogP) is 0.510. The second-order valence-corrected chi connectivity index (χ2v) is 0.245. The van der Waals surface area contributed by atoms with Gasteiger partial charge in [0.15, 0.2) is 12.3 Å². The van der Waals surface area contributed by atoms with E-state index in [1.165, 1.54) is 0 Å². The molecule has 0 aliphatic rings. The Morgan fingerprint density at radius 2 is 1.50 bits per heavy atom. The van der Waals surface area contributed by atoms with Crippen LogP contribution in [0, 0.1) is 0 Å². The molecule has 0 unspecified atom stereocenters. The topological polar surface area (TPSA) is 40.5 Å². The van der Waals surface area contributed by atoms with Gasteiger partial charge in [-0.15, -0.1) is 0 Å². The molecule has 0 saturated carbocycles. The Balaban J connectivity index is -0.00000000667. The van der Waals surface area contributed by atoms with Crippen molar-refractivity contribution in [3.05, 3.63) is 0 Å². The van der Waals surface area contributed by atoms with Crippen LogP contribution in [0.25, 0.3) is 0 Å². The molecule has 0 aliphatic carbocycles. The van der Waals surface area contributed by atoms with Gasteiger partial charge in [0, 0.05) is 0 Å². The van der Waals surface area contributed by atoms with E-state index in [0.717, 1.165) is 0 Å². The van der Waals surface area contributed by atoms with Gasteiger partial charge in [0.2, 0.25) is 0 Å². The van der Waals surface area contributed by atoms with Crippen LogP contribution in [0.2, 0.25) is 0 Å². The Morgan fingerprint density at radius 1 is 1.50 bits per heavy atom. The molecule has 0 atom stereocenters. The molecule has 0 bridgehead atoms. The third-order valence-electron chi connectivity index (χ3n) is 0. The second kappa shape index (κ2) is 8.85. The Labute approximate surface area is 72.0 Å². The molecule has 0 fully saturated rings. The van der Waals surface area contributed by atoms with Gasteiger partial charge in [0.1, 0.15) is 0 Å². The largest absolute Gasteiger partial charge is 2.00 e. The maximum absolute atomic E-state index is 7.04.